The molecule has 8 atom stereocenters. The number of nitrogens with zero attached hydrogens (tertiary/aromatic N) is 2. The molecule has 0 aromatic heterocycles. The summed E-state index contributed by atoms with van der Waals surface area (Å²) >= 11 is 0. The first-order chi connectivity index (χ1) is 18.8. The fourth-order valence-corrected chi connectivity index (χ4v) is 6.57. The van der Waals surface area contributed by atoms with E-state index in [9.17, 15) is 44.1 Å². The van der Waals surface area contributed by atoms with E-state index in [1.807, 2.05) is 0 Å². The van der Waals surface area contributed by atoms with Gasteiger partial charge in [-0.1, -0.05) is 13.0 Å². The molecule has 6 N–H and O–H groups in total. The van der Waals surface area contributed by atoms with E-state index in [2.05, 4.69) is 5.32 Å². The standard InChI is InChI=1S/C28H36N4O9/c1-10-11-8-9-12(30-26(40)27(2,3)32(6)7)19(33)14(11)20(34)15-13(10)21(35)17-18(31(4)5)22(36)16(25(29)39)24(38)28(17,41)23(15)37/h8-10,13,15-18,21,33,35,41H,1-7H3,(H2,29,39)(H,30,40)/t10?,13?,15?,16?,17?,18-,21?,28-/m0/s1. The summed E-state index contributed by atoms with van der Waals surface area (Å²) in [7, 11) is 6.24. The number of phenols is 1. The van der Waals surface area contributed by atoms with E-state index in [-0.39, 0.29) is 16.8 Å². The van der Waals surface area contributed by atoms with Crippen LogP contribution in [0.5, 0.6) is 5.75 Å². The predicted octanol–water partition coefficient (Wildman–Crippen LogP) is -1.32. The molecule has 3 aliphatic rings. The van der Waals surface area contributed by atoms with E-state index in [0.717, 1.165) is 0 Å². The number of likely N-dealkylation sites (N-methyl/N-ethyl adjacent to an activating group) is 2. The van der Waals surface area contributed by atoms with Gasteiger partial charge in [-0.15, -0.1) is 0 Å². The van der Waals surface area contributed by atoms with Gasteiger partial charge in [0, 0.05) is 5.92 Å². The Morgan fingerprint density at radius 3 is 2.15 bits per heavy atom. The number of carbonyl (C=O) groups is 6. The molecular formula is C28H36N4O9. The highest BCUT2D eigenvalue weighted by Gasteiger charge is 2.72. The van der Waals surface area contributed by atoms with Crippen molar-refractivity contribution in [2.75, 3.05) is 33.5 Å². The molecule has 13 nitrogen and oxygen atoms in total. The maximum atomic E-state index is 14.0. The van der Waals surface area contributed by atoms with Gasteiger partial charge in [0.05, 0.1) is 40.8 Å². The van der Waals surface area contributed by atoms with Crippen LogP contribution < -0.4 is 11.1 Å². The number of rotatable bonds is 5. The van der Waals surface area contributed by atoms with Crippen molar-refractivity contribution in [3.63, 3.8) is 0 Å². The molecule has 0 spiro atoms. The Hall–Kier alpha value is -3.52. The Morgan fingerprint density at radius 2 is 1.63 bits per heavy atom. The van der Waals surface area contributed by atoms with Crippen LogP contribution in [0.2, 0.25) is 0 Å². The average Bonchev–Trinajstić information content (AvgIpc) is 2.86. The number of anilines is 1. The van der Waals surface area contributed by atoms with E-state index in [4.69, 9.17) is 5.73 Å². The third-order valence-electron chi connectivity index (χ3n) is 9.41. The minimum atomic E-state index is -3.08. The lowest BCUT2D eigenvalue weighted by Crippen LogP contribution is -2.77. The number of fused-ring (bicyclic) bond motifs is 3. The maximum absolute atomic E-state index is 14.0. The van der Waals surface area contributed by atoms with E-state index >= 15 is 0 Å². The van der Waals surface area contributed by atoms with E-state index in [1.54, 1.807) is 39.8 Å². The molecule has 0 bridgehead atoms. The van der Waals surface area contributed by atoms with Crippen LogP contribution in [0.1, 0.15) is 42.6 Å². The number of carbonyl (C=O) groups excluding carboxylic acids is 6. The van der Waals surface area contributed by atoms with Gasteiger partial charge in [-0.25, -0.2) is 0 Å². The molecule has 13 heteroatoms. The summed E-state index contributed by atoms with van der Waals surface area (Å²) in [4.78, 5) is 82.6. The van der Waals surface area contributed by atoms with Crippen LogP contribution in [0.15, 0.2) is 12.1 Å². The van der Waals surface area contributed by atoms with Crippen molar-refractivity contribution in [1.82, 2.24) is 9.80 Å². The third-order valence-corrected chi connectivity index (χ3v) is 9.41. The van der Waals surface area contributed by atoms with Crippen molar-refractivity contribution < 1.29 is 44.1 Å². The Morgan fingerprint density at radius 1 is 1.05 bits per heavy atom. The smallest absolute Gasteiger partial charge is 0.244 e. The third kappa shape index (κ3) is 4.05. The summed E-state index contributed by atoms with van der Waals surface area (Å²) in [5, 5.41) is 37.1. The number of nitrogens with two attached hydrogens (primary N) is 1. The number of nitrogens with one attached hydrogen (secondary N) is 1. The van der Waals surface area contributed by atoms with Gasteiger partial charge in [0.15, 0.2) is 34.7 Å². The van der Waals surface area contributed by atoms with Gasteiger partial charge in [-0.3, -0.25) is 38.6 Å². The number of aliphatic hydroxyl groups is 2. The van der Waals surface area contributed by atoms with Crippen LogP contribution in [0.3, 0.4) is 0 Å². The number of ketones is 4. The molecule has 0 saturated heterocycles. The monoisotopic (exact) mass is 572 g/mol. The van der Waals surface area contributed by atoms with Crippen molar-refractivity contribution in [3.8, 4) is 5.75 Å². The highest BCUT2D eigenvalue weighted by molar-refractivity contribution is 6.32. The van der Waals surface area contributed by atoms with Crippen molar-refractivity contribution in [2.24, 2.45) is 29.4 Å². The van der Waals surface area contributed by atoms with Crippen LogP contribution in [0, 0.1) is 23.7 Å². The molecule has 0 radical (unpaired) electrons. The number of hydrogen-bond acceptors (Lipinski definition) is 11. The first-order valence-electron chi connectivity index (χ1n) is 13.2. The molecule has 41 heavy (non-hydrogen) atoms. The van der Waals surface area contributed by atoms with Crippen LogP contribution in [-0.4, -0.2) is 112 Å². The second kappa shape index (κ2) is 9.79. The molecule has 222 valence electrons. The molecule has 2 saturated carbocycles. The summed E-state index contributed by atoms with van der Waals surface area (Å²) in [6.07, 6.45) is -1.72. The first kappa shape index (κ1) is 30.4. The zero-order chi connectivity index (χ0) is 31.1. The lowest BCUT2D eigenvalue weighted by Gasteiger charge is -2.56. The second-order valence-electron chi connectivity index (χ2n) is 12.2. The summed E-state index contributed by atoms with van der Waals surface area (Å²) in [5.41, 5.74) is 1.14. The molecular weight excluding hydrogens is 536 g/mol. The van der Waals surface area contributed by atoms with Crippen molar-refractivity contribution in [1.29, 1.82) is 0 Å². The predicted molar refractivity (Wildman–Crippen MR) is 144 cm³/mol. The molecule has 4 rings (SSSR count). The number of phenolic OH excluding ortho intramolecular Hbond substituents is 1. The molecule has 0 aliphatic heterocycles. The Bertz CT molecular complexity index is 1390. The van der Waals surface area contributed by atoms with Crippen molar-refractivity contribution in [2.45, 2.75) is 50.0 Å². The van der Waals surface area contributed by atoms with Crippen molar-refractivity contribution in [3.05, 3.63) is 23.3 Å². The normalized spacial score (nSPS) is 33.4. The van der Waals surface area contributed by atoms with Gasteiger partial charge in [0.2, 0.25) is 11.8 Å². The number of hydrogen-bond donors (Lipinski definition) is 5. The van der Waals surface area contributed by atoms with Crippen LogP contribution in [0.25, 0.3) is 0 Å². The Balaban J connectivity index is 1.86. The highest BCUT2D eigenvalue weighted by Crippen LogP contribution is 2.55. The zero-order valence-electron chi connectivity index (χ0n) is 24.0. The Kier molecular flexibility index (Phi) is 7.27. The topological polar surface area (TPSA) is 208 Å². The SMILES string of the molecule is CC1c2ccc(NC(=O)C(C)(C)N(C)C)c(O)c2C(=O)C2C(=O)[C@]3(O)C(=O)C(C(N)=O)C(=O)[C@@H](N(C)C)C3C(O)C21. The van der Waals surface area contributed by atoms with E-state index in [0.29, 0.717) is 0 Å². The molecule has 2 fully saturated rings. The molecule has 1 aromatic rings. The fourth-order valence-electron chi connectivity index (χ4n) is 6.57. The number of benzene rings is 1. The van der Waals surface area contributed by atoms with Gasteiger partial charge in [0.25, 0.3) is 0 Å². The van der Waals surface area contributed by atoms with Gasteiger partial charge in [-0.2, -0.15) is 0 Å². The van der Waals surface area contributed by atoms with Gasteiger partial charge in [-0.05, 0) is 59.6 Å². The average molecular weight is 573 g/mol. The molecule has 2 amide bonds. The van der Waals surface area contributed by atoms with Crippen LogP contribution >= 0.6 is 0 Å². The summed E-state index contributed by atoms with van der Waals surface area (Å²) in [6, 6.07) is 1.46. The summed E-state index contributed by atoms with van der Waals surface area (Å²) in [6.45, 7) is 4.92. The summed E-state index contributed by atoms with van der Waals surface area (Å²) in [5.74, 6) is -14.7. The first-order valence-corrected chi connectivity index (χ1v) is 13.2. The molecule has 0 heterocycles. The fraction of sp³-hybridized carbons (Fsp3) is 0.571. The minimum Gasteiger partial charge on any atom is -0.505 e. The number of primary amides is 1. The van der Waals surface area contributed by atoms with Gasteiger partial charge < -0.3 is 26.4 Å². The number of aromatic hydroxyl groups is 1. The summed E-state index contributed by atoms with van der Waals surface area (Å²) < 4.78 is 0. The number of aliphatic hydroxyl groups excluding tert-OH is 1. The molecule has 3 aliphatic carbocycles. The lowest BCUT2D eigenvalue weighted by molar-refractivity contribution is -0.196. The molecule has 6 unspecified atom stereocenters. The maximum Gasteiger partial charge on any atom is 0.244 e. The Labute approximate surface area is 236 Å². The van der Waals surface area contributed by atoms with Crippen LogP contribution in [-0.2, 0) is 24.0 Å². The van der Waals surface area contributed by atoms with E-state index < -0.39 is 93.6 Å². The number of amides is 2. The van der Waals surface area contributed by atoms with Gasteiger partial charge >= 0.3 is 0 Å². The minimum absolute atomic E-state index is 0.0936. The zero-order valence-corrected chi connectivity index (χ0v) is 24.0. The quantitative estimate of drug-likeness (QED) is 0.206. The van der Waals surface area contributed by atoms with Crippen molar-refractivity contribution >= 4 is 40.6 Å². The second-order valence-corrected chi connectivity index (χ2v) is 12.2. The highest BCUT2D eigenvalue weighted by atomic mass is 16.3. The van der Waals surface area contributed by atoms with Crippen LogP contribution in [0.4, 0.5) is 5.69 Å². The molecule has 1 aromatic carbocycles. The largest absolute Gasteiger partial charge is 0.505 e. The van der Waals surface area contributed by atoms with Gasteiger partial charge in [0.1, 0.15) is 5.75 Å². The number of Topliss-reactive ketones (excluding diaryl/α,β-unsaturated/α-hetero) is 4. The van der Waals surface area contributed by atoms with E-state index in [1.165, 1.54) is 31.1 Å². The lowest BCUT2D eigenvalue weighted by atomic mass is 9.49.